The van der Waals surface area contributed by atoms with Crippen LogP contribution in [-0.4, -0.2) is 25.3 Å². The average molecular weight is 228 g/mol. The molecule has 0 bridgehead atoms. The van der Waals surface area contributed by atoms with Crippen LogP contribution in [0.2, 0.25) is 0 Å². The minimum Gasteiger partial charge on any atom is -0.463 e. The van der Waals surface area contributed by atoms with Gasteiger partial charge in [-0.05, 0) is 19.3 Å². The summed E-state index contributed by atoms with van der Waals surface area (Å²) in [6.45, 7) is 3.46. The average Bonchev–Trinajstić information content (AvgIpc) is 2.79. The van der Waals surface area contributed by atoms with Crippen LogP contribution in [0.5, 0.6) is 0 Å². The standard InChI is InChI=1S/C13H24O3/c1-2-3-4-5-6-9-13(14)16-11-12-8-7-10-15-12/h12H,2-11H2,1H3. The molecule has 1 saturated heterocycles. The van der Waals surface area contributed by atoms with E-state index in [9.17, 15) is 4.79 Å². The molecule has 1 rings (SSSR count). The third-order valence-corrected chi connectivity index (χ3v) is 2.94. The van der Waals surface area contributed by atoms with E-state index in [1.807, 2.05) is 0 Å². The van der Waals surface area contributed by atoms with E-state index in [1.54, 1.807) is 0 Å². The molecule has 16 heavy (non-hydrogen) atoms. The summed E-state index contributed by atoms with van der Waals surface area (Å²) in [5, 5.41) is 0. The van der Waals surface area contributed by atoms with E-state index >= 15 is 0 Å². The molecule has 1 aliphatic heterocycles. The lowest BCUT2D eigenvalue weighted by Gasteiger charge is -2.09. The number of carbonyl (C=O) groups is 1. The van der Waals surface area contributed by atoms with Crippen LogP contribution in [0, 0.1) is 0 Å². The zero-order valence-electron chi connectivity index (χ0n) is 10.4. The van der Waals surface area contributed by atoms with Crippen molar-refractivity contribution in [3.63, 3.8) is 0 Å². The second-order valence-corrected chi connectivity index (χ2v) is 4.48. The SMILES string of the molecule is CCCCCCCC(=O)OCC1CCCO1. The number of hydrogen-bond donors (Lipinski definition) is 0. The Bertz CT molecular complexity index is 186. The molecular weight excluding hydrogens is 204 g/mol. The Labute approximate surface area is 98.5 Å². The second-order valence-electron chi connectivity index (χ2n) is 4.48. The fourth-order valence-corrected chi connectivity index (χ4v) is 1.91. The Hall–Kier alpha value is -0.570. The highest BCUT2D eigenvalue weighted by Crippen LogP contribution is 2.12. The van der Waals surface area contributed by atoms with Gasteiger partial charge in [-0.1, -0.05) is 32.6 Å². The molecule has 3 nitrogen and oxygen atoms in total. The number of esters is 1. The van der Waals surface area contributed by atoms with Gasteiger partial charge in [-0.25, -0.2) is 0 Å². The van der Waals surface area contributed by atoms with Gasteiger partial charge in [-0.2, -0.15) is 0 Å². The van der Waals surface area contributed by atoms with E-state index in [2.05, 4.69) is 6.92 Å². The maximum atomic E-state index is 11.4. The largest absolute Gasteiger partial charge is 0.463 e. The van der Waals surface area contributed by atoms with E-state index in [-0.39, 0.29) is 12.1 Å². The summed E-state index contributed by atoms with van der Waals surface area (Å²) in [6.07, 6.45) is 8.69. The van der Waals surface area contributed by atoms with Gasteiger partial charge in [0.2, 0.25) is 0 Å². The van der Waals surface area contributed by atoms with Crippen molar-refractivity contribution < 1.29 is 14.3 Å². The number of hydrogen-bond acceptors (Lipinski definition) is 3. The van der Waals surface area contributed by atoms with Crippen molar-refractivity contribution >= 4 is 5.97 Å². The molecule has 0 aromatic heterocycles. The van der Waals surface area contributed by atoms with Gasteiger partial charge < -0.3 is 9.47 Å². The zero-order valence-corrected chi connectivity index (χ0v) is 10.4. The Morgan fingerprint density at radius 3 is 2.81 bits per heavy atom. The summed E-state index contributed by atoms with van der Waals surface area (Å²) in [5.74, 6) is -0.0630. The number of rotatable bonds is 8. The highest BCUT2D eigenvalue weighted by Gasteiger charge is 2.17. The van der Waals surface area contributed by atoms with Crippen molar-refractivity contribution in [2.45, 2.75) is 64.4 Å². The van der Waals surface area contributed by atoms with Gasteiger partial charge in [0.25, 0.3) is 0 Å². The minimum atomic E-state index is -0.0630. The van der Waals surface area contributed by atoms with Gasteiger partial charge in [0.05, 0.1) is 6.10 Å². The van der Waals surface area contributed by atoms with E-state index < -0.39 is 0 Å². The van der Waals surface area contributed by atoms with Crippen molar-refractivity contribution in [2.24, 2.45) is 0 Å². The van der Waals surface area contributed by atoms with Crippen molar-refractivity contribution in [1.82, 2.24) is 0 Å². The van der Waals surface area contributed by atoms with Crippen LogP contribution in [0.1, 0.15) is 58.3 Å². The zero-order chi connectivity index (χ0) is 11.6. The first kappa shape index (κ1) is 13.5. The first-order valence-corrected chi connectivity index (χ1v) is 6.60. The van der Waals surface area contributed by atoms with Gasteiger partial charge in [0.1, 0.15) is 6.61 Å². The molecule has 0 saturated carbocycles. The molecule has 3 heteroatoms. The maximum absolute atomic E-state index is 11.4. The van der Waals surface area contributed by atoms with Crippen LogP contribution < -0.4 is 0 Å². The molecule has 0 aliphatic carbocycles. The van der Waals surface area contributed by atoms with Gasteiger partial charge in [0.15, 0.2) is 0 Å². The van der Waals surface area contributed by atoms with Crippen molar-refractivity contribution in [1.29, 1.82) is 0 Å². The van der Waals surface area contributed by atoms with E-state index in [1.165, 1.54) is 19.3 Å². The van der Waals surface area contributed by atoms with Crippen LogP contribution in [0.3, 0.4) is 0 Å². The third kappa shape index (κ3) is 6.11. The Morgan fingerprint density at radius 1 is 1.31 bits per heavy atom. The molecule has 0 spiro atoms. The fourth-order valence-electron chi connectivity index (χ4n) is 1.91. The summed E-state index contributed by atoms with van der Waals surface area (Å²) in [4.78, 5) is 11.4. The highest BCUT2D eigenvalue weighted by molar-refractivity contribution is 5.69. The number of ether oxygens (including phenoxy) is 2. The summed E-state index contributed by atoms with van der Waals surface area (Å²) >= 11 is 0. The van der Waals surface area contributed by atoms with Crippen LogP contribution in [0.15, 0.2) is 0 Å². The fraction of sp³-hybridized carbons (Fsp3) is 0.923. The molecule has 1 heterocycles. The minimum absolute atomic E-state index is 0.0630. The molecule has 0 N–H and O–H groups in total. The monoisotopic (exact) mass is 228 g/mol. The van der Waals surface area contributed by atoms with Crippen LogP contribution in [0.4, 0.5) is 0 Å². The molecular formula is C13H24O3. The lowest BCUT2D eigenvalue weighted by atomic mass is 10.1. The lowest BCUT2D eigenvalue weighted by molar-refractivity contribution is -0.147. The predicted molar refractivity (Wildman–Crippen MR) is 63.3 cm³/mol. The van der Waals surface area contributed by atoms with Gasteiger partial charge in [-0.3, -0.25) is 4.79 Å². The molecule has 0 amide bonds. The lowest BCUT2D eigenvalue weighted by Crippen LogP contribution is -2.17. The number of unbranched alkanes of at least 4 members (excludes halogenated alkanes) is 4. The molecule has 0 aromatic rings. The molecule has 0 radical (unpaired) electrons. The van der Waals surface area contributed by atoms with E-state index in [4.69, 9.17) is 9.47 Å². The molecule has 1 atom stereocenters. The maximum Gasteiger partial charge on any atom is 0.305 e. The molecule has 1 fully saturated rings. The first-order chi connectivity index (χ1) is 7.83. The van der Waals surface area contributed by atoms with Gasteiger partial charge in [0, 0.05) is 13.0 Å². The Morgan fingerprint density at radius 2 is 2.12 bits per heavy atom. The van der Waals surface area contributed by atoms with Crippen molar-refractivity contribution in [2.75, 3.05) is 13.2 Å². The first-order valence-electron chi connectivity index (χ1n) is 6.60. The van der Waals surface area contributed by atoms with Crippen LogP contribution >= 0.6 is 0 Å². The van der Waals surface area contributed by atoms with Crippen molar-refractivity contribution in [3.8, 4) is 0 Å². The van der Waals surface area contributed by atoms with Gasteiger partial charge in [-0.15, -0.1) is 0 Å². The van der Waals surface area contributed by atoms with Crippen molar-refractivity contribution in [3.05, 3.63) is 0 Å². The molecule has 1 aliphatic rings. The highest BCUT2D eigenvalue weighted by atomic mass is 16.6. The third-order valence-electron chi connectivity index (χ3n) is 2.94. The number of carbonyl (C=O) groups excluding carboxylic acids is 1. The quantitative estimate of drug-likeness (QED) is 0.473. The topological polar surface area (TPSA) is 35.5 Å². The Balaban J connectivity index is 1.90. The summed E-state index contributed by atoms with van der Waals surface area (Å²) in [6, 6.07) is 0. The molecule has 0 aromatic carbocycles. The summed E-state index contributed by atoms with van der Waals surface area (Å²) in [7, 11) is 0. The predicted octanol–water partition coefficient (Wildman–Crippen LogP) is 3.07. The summed E-state index contributed by atoms with van der Waals surface area (Å²) in [5.41, 5.74) is 0. The second kappa shape index (κ2) is 8.57. The van der Waals surface area contributed by atoms with Crippen LogP contribution in [-0.2, 0) is 14.3 Å². The Kier molecular flexibility index (Phi) is 7.23. The van der Waals surface area contributed by atoms with Gasteiger partial charge >= 0.3 is 5.97 Å². The van der Waals surface area contributed by atoms with E-state index in [0.717, 1.165) is 32.3 Å². The normalized spacial score (nSPS) is 19.9. The smallest absolute Gasteiger partial charge is 0.305 e. The van der Waals surface area contributed by atoms with Crippen LogP contribution in [0.25, 0.3) is 0 Å². The van der Waals surface area contributed by atoms with E-state index in [0.29, 0.717) is 13.0 Å². The molecule has 94 valence electrons. The summed E-state index contributed by atoms with van der Waals surface area (Å²) < 4.78 is 10.6. The molecule has 1 unspecified atom stereocenters.